The van der Waals surface area contributed by atoms with Crippen LogP contribution in [0.15, 0.2) is 59.5 Å². The molecule has 0 spiro atoms. The van der Waals surface area contributed by atoms with Gasteiger partial charge in [0, 0.05) is 33.3 Å². The third-order valence-corrected chi connectivity index (χ3v) is 5.57. The summed E-state index contributed by atoms with van der Waals surface area (Å²) in [6, 6.07) is 18.7. The van der Waals surface area contributed by atoms with Crippen molar-refractivity contribution in [1.82, 2.24) is 4.98 Å². The summed E-state index contributed by atoms with van der Waals surface area (Å²) in [5, 5.41) is 2.96. The first-order chi connectivity index (χ1) is 12.6. The van der Waals surface area contributed by atoms with Gasteiger partial charge < -0.3 is 10.3 Å². The van der Waals surface area contributed by atoms with E-state index in [9.17, 15) is 4.79 Å². The molecule has 1 aliphatic rings. The Morgan fingerprint density at radius 2 is 1.85 bits per heavy atom. The normalized spacial score (nSPS) is 14.5. The number of H-pyrrole nitrogens is 1. The van der Waals surface area contributed by atoms with Gasteiger partial charge in [-0.2, -0.15) is 0 Å². The van der Waals surface area contributed by atoms with Crippen molar-refractivity contribution in [3.05, 3.63) is 82.7 Å². The quantitative estimate of drug-likeness (QED) is 0.482. The highest BCUT2D eigenvalue weighted by atomic mass is 32.2. The molecule has 2 N–H and O–H groups in total. The smallest absolute Gasteiger partial charge is 0.256 e. The van der Waals surface area contributed by atoms with Crippen molar-refractivity contribution in [1.29, 1.82) is 0 Å². The van der Waals surface area contributed by atoms with Gasteiger partial charge in [0.2, 0.25) is 0 Å². The fourth-order valence-electron chi connectivity index (χ4n) is 3.19. The molecule has 1 aromatic heterocycles. The second kappa shape index (κ2) is 6.89. The molecule has 2 aromatic carbocycles. The minimum atomic E-state index is -0.0446. The van der Waals surface area contributed by atoms with Gasteiger partial charge >= 0.3 is 0 Å². The number of benzene rings is 2. The molecular formula is C22H20N2OS. The lowest BCUT2D eigenvalue weighted by Crippen LogP contribution is -2.03. The van der Waals surface area contributed by atoms with Crippen LogP contribution in [0, 0.1) is 13.8 Å². The Balaban J connectivity index is 1.63. The van der Waals surface area contributed by atoms with Gasteiger partial charge in [-0.3, -0.25) is 4.79 Å². The van der Waals surface area contributed by atoms with Crippen LogP contribution in [0.1, 0.15) is 28.1 Å². The van der Waals surface area contributed by atoms with E-state index in [0.29, 0.717) is 5.57 Å². The fourth-order valence-corrected chi connectivity index (χ4v) is 4.08. The van der Waals surface area contributed by atoms with Crippen molar-refractivity contribution in [2.24, 2.45) is 0 Å². The van der Waals surface area contributed by atoms with Gasteiger partial charge in [-0.05, 0) is 55.3 Å². The summed E-state index contributed by atoms with van der Waals surface area (Å²) >= 11 is 1.78. The maximum Gasteiger partial charge on any atom is 0.256 e. The molecule has 1 amide bonds. The van der Waals surface area contributed by atoms with Crippen LogP contribution in [-0.2, 0) is 10.5 Å². The average molecular weight is 360 g/mol. The molecule has 2 heterocycles. The number of rotatable bonds is 4. The minimum Gasteiger partial charge on any atom is -0.359 e. The van der Waals surface area contributed by atoms with Crippen molar-refractivity contribution in [2.45, 2.75) is 24.5 Å². The highest BCUT2D eigenvalue weighted by Gasteiger charge is 2.24. The van der Waals surface area contributed by atoms with Crippen LogP contribution >= 0.6 is 11.8 Å². The molecule has 0 saturated heterocycles. The molecule has 3 aromatic rings. The van der Waals surface area contributed by atoms with E-state index >= 15 is 0 Å². The van der Waals surface area contributed by atoms with Gasteiger partial charge in [-0.1, -0.05) is 30.3 Å². The number of anilines is 1. The Morgan fingerprint density at radius 3 is 2.58 bits per heavy atom. The number of hydrogen-bond donors (Lipinski definition) is 2. The van der Waals surface area contributed by atoms with Crippen LogP contribution in [-0.4, -0.2) is 10.9 Å². The number of amides is 1. The Kier molecular flexibility index (Phi) is 4.43. The van der Waals surface area contributed by atoms with Crippen molar-refractivity contribution < 1.29 is 4.79 Å². The second-order valence-corrected chi connectivity index (χ2v) is 7.59. The molecule has 0 bridgehead atoms. The van der Waals surface area contributed by atoms with Crippen LogP contribution in [0.2, 0.25) is 0 Å². The molecule has 4 rings (SSSR count). The number of aromatic amines is 1. The third kappa shape index (κ3) is 3.33. The molecule has 0 atom stereocenters. The SMILES string of the molecule is Cc1cc(C)c(/C=C2\C(=O)Nc3ccc(SCc4ccccc4)cc32)[nH]1. The summed E-state index contributed by atoms with van der Waals surface area (Å²) in [4.78, 5) is 16.9. The van der Waals surface area contributed by atoms with E-state index < -0.39 is 0 Å². The van der Waals surface area contributed by atoms with E-state index in [1.54, 1.807) is 11.8 Å². The lowest BCUT2D eigenvalue weighted by Gasteiger charge is -2.05. The number of thioether (sulfide) groups is 1. The number of aromatic nitrogens is 1. The first-order valence-electron chi connectivity index (χ1n) is 8.60. The first kappa shape index (κ1) is 16.7. The molecule has 0 unspecified atom stereocenters. The van der Waals surface area contributed by atoms with E-state index in [0.717, 1.165) is 38.9 Å². The zero-order valence-electron chi connectivity index (χ0n) is 14.8. The molecule has 1 aliphatic heterocycles. The summed E-state index contributed by atoms with van der Waals surface area (Å²) in [5.41, 5.74) is 7.09. The van der Waals surface area contributed by atoms with Gasteiger partial charge in [-0.25, -0.2) is 0 Å². The maximum absolute atomic E-state index is 12.4. The van der Waals surface area contributed by atoms with Crippen molar-refractivity contribution in [3.63, 3.8) is 0 Å². The molecule has 0 saturated carbocycles. The molecule has 130 valence electrons. The average Bonchev–Trinajstić information content (AvgIpc) is 3.12. The third-order valence-electron chi connectivity index (χ3n) is 4.50. The van der Waals surface area contributed by atoms with E-state index in [-0.39, 0.29) is 5.91 Å². The van der Waals surface area contributed by atoms with Gasteiger partial charge in [0.05, 0.1) is 5.57 Å². The molecule has 0 radical (unpaired) electrons. The van der Waals surface area contributed by atoms with Gasteiger partial charge in [0.15, 0.2) is 0 Å². The monoisotopic (exact) mass is 360 g/mol. The summed E-state index contributed by atoms with van der Waals surface area (Å²) in [6.45, 7) is 4.08. The van der Waals surface area contributed by atoms with Crippen LogP contribution in [0.5, 0.6) is 0 Å². The molecular weight excluding hydrogens is 340 g/mol. The van der Waals surface area contributed by atoms with Crippen LogP contribution in [0.25, 0.3) is 11.6 Å². The Bertz CT molecular complexity index is 1000. The number of carbonyl (C=O) groups excluding carboxylic acids is 1. The van der Waals surface area contributed by atoms with Crippen LogP contribution < -0.4 is 5.32 Å². The molecule has 0 aliphatic carbocycles. The Labute approximate surface area is 157 Å². The highest BCUT2D eigenvalue weighted by molar-refractivity contribution is 7.98. The number of nitrogens with one attached hydrogen (secondary N) is 2. The van der Waals surface area contributed by atoms with Crippen LogP contribution in [0.4, 0.5) is 5.69 Å². The molecule has 4 heteroatoms. The summed E-state index contributed by atoms with van der Waals surface area (Å²) in [5.74, 6) is 0.867. The topological polar surface area (TPSA) is 44.9 Å². The molecule has 3 nitrogen and oxygen atoms in total. The summed E-state index contributed by atoms with van der Waals surface area (Å²) < 4.78 is 0. The predicted molar refractivity (Wildman–Crippen MR) is 109 cm³/mol. The van der Waals surface area contributed by atoms with Crippen molar-refractivity contribution >= 4 is 35.0 Å². The molecule has 26 heavy (non-hydrogen) atoms. The van der Waals surface area contributed by atoms with Gasteiger partial charge in [-0.15, -0.1) is 11.8 Å². The van der Waals surface area contributed by atoms with E-state index in [2.05, 4.69) is 59.7 Å². The number of hydrogen-bond acceptors (Lipinski definition) is 2. The Hall–Kier alpha value is -2.72. The number of carbonyl (C=O) groups is 1. The highest BCUT2D eigenvalue weighted by Crippen LogP contribution is 2.37. The van der Waals surface area contributed by atoms with Gasteiger partial charge in [0.1, 0.15) is 0 Å². The fraction of sp³-hybridized carbons (Fsp3) is 0.136. The Morgan fingerprint density at radius 1 is 1.04 bits per heavy atom. The lowest BCUT2D eigenvalue weighted by atomic mass is 10.1. The zero-order chi connectivity index (χ0) is 18.1. The summed E-state index contributed by atoms with van der Waals surface area (Å²) in [6.07, 6.45) is 1.95. The minimum absolute atomic E-state index is 0.0446. The molecule has 0 fully saturated rings. The maximum atomic E-state index is 12.4. The van der Waals surface area contributed by atoms with Gasteiger partial charge in [0.25, 0.3) is 5.91 Å². The van der Waals surface area contributed by atoms with E-state index in [1.807, 2.05) is 25.1 Å². The first-order valence-corrected chi connectivity index (χ1v) is 9.59. The van der Waals surface area contributed by atoms with Crippen LogP contribution in [0.3, 0.4) is 0 Å². The van der Waals surface area contributed by atoms with Crippen molar-refractivity contribution in [3.8, 4) is 0 Å². The largest absolute Gasteiger partial charge is 0.359 e. The number of aryl methyl sites for hydroxylation is 2. The van der Waals surface area contributed by atoms with E-state index in [1.165, 1.54) is 5.56 Å². The predicted octanol–water partition coefficient (Wildman–Crippen LogP) is 5.42. The van der Waals surface area contributed by atoms with E-state index in [4.69, 9.17) is 0 Å². The standard InChI is InChI=1S/C22H20N2OS/c1-14-10-15(2)23-21(14)12-19-18-11-17(8-9-20(18)24-22(19)25)26-13-16-6-4-3-5-7-16/h3-12,23H,13H2,1-2H3,(H,24,25)/b19-12-. The lowest BCUT2D eigenvalue weighted by molar-refractivity contribution is -0.110. The van der Waals surface area contributed by atoms with Crippen molar-refractivity contribution in [2.75, 3.05) is 5.32 Å². The second-order valence-electron chi connectivity index (χ2n) is 6.54. The summed E-state index contributed by atoms with van der Waals surface area (Å²) in [7, 11) is 0. The number of fused-ring (bicyclic) bond motifs is 1. The zero-order valence-corrected chi connectivity index (χ0v) is 15.6.